The molecule has 0 aromatic heterocycles. The lowest BCUT2D eigenvalue weighted by Crippen LogP contribution is -2.52. The summed E-state index contributed by atoms with van der Waals surface area (Å²) in [5.41, 5.74) is 0.253. The van der Waals surface area contributed by atoms with Crippen LogP contribution in [0.5, 0.6) is 0 Å². The van der Waals surface area contributed by atoms with Crippen LogP contribution in [0.4, 0.5) is 4.79 Å². The summed E-state index contributed by atoms with van der Waals surface area (Å²) in [5.74, 6) is -1.38. The molecule has 186 valence electrons. The highest BCUT2D eigenvalue weighted by atomic mass is 32.2. The van der Waals surface area contributed by atoms with Gasteiger partial charge >= 0.3 is 6.09 Å². The molecule has 1 fully saturated rings. The van der Waals surface area contributed by atoms with Crippen molar-refractivity contribution < 1.29 is 27.5 Å². The first-order valence-electron chi connectivity index (χ1n) is 11.2. The number of primary sulfonamides is 1. The Hall–Kier alpha value is -2.17. The maximum Gasteiger partial charge on any atom is 0.410 e. The van der Waals surface area contributed by atoms with E-state index in [1.54, 1.807) is 32.6 Å². The lowest BCUT2D eigenvalue weighted by atomic mass is 9.94. The Balaban J connectivity index is 2.13. The van der Waals surface area contributed by atoms with Gasteiger partial charge in [0.1, 0.15) is 5.60 Å². The van der Waals surface area contributed by atoms with Crippen molar-refractivity contribution in [2.24, 2.45) is 11.1 Å². The Morgan fingerprint density at radius 1 is 1.24 bits per heavy atom. The van der Waals surface area contributed by atoms with E-state index >= 15 is 0 Å². The summed E-state index contributed by atoms with van der Waals surface area (Å²) in [5, 5.41) is 8.10. The molecule has 1 heterocycles. The minimum atomic E-state index is -3.81. The van der Waals surface area contributed by atoms with Crippen molar-refractivity contribution in [1.82, 2.24) is 10.2 Å². The molecule has 0 aliphatic carbocycles. The second-order valence-corrected chi connectivity index (χ2v) is 11.3. The molecule has 3 N–H and O–H groups in total. The minimum Gasteiger partial charge on any atom is -0.444 e. The van der Waals surface area contributed by atoms with Crippen LogP contribution < -0.4 is 10.5 Å². The number of carbonyl (C=O) groups is 2. The molecule has 1 saturated heterocycles. The Bertz CT molecular complexity index is 901. The summed E-state index contributed by atoms with van der Waals surface area (Å²) < 4.78 is 34.7. The molecule has 2 rings (SSSR count). The summed E-state index contributed by atoms with van der Waals surface area (Å²) in [6.45, 7) is 7.65. The molecule has 2 amide bonds. The summed E-state index contributed by atoms with van der Waals surface area (Å²) in [4.78, 5) is 27.4. The third-order valence-corrected chi connectivity index (χ3v) is 6.46. The number of nitrogens with two attached hydrogens (primary N) is 1. The molecule has 1 unspecified atom stereocenters. The molecule has 10 heteroatoms. The maximum atomic E-state index is 13.1. The summed E-state index contributed by atoms with van der Waals surface area (Å²) in [6, 6.07) is 8.26. The Morgan fingerprint density at radius 3 is 2.42 bits per heavy atom. The van der Waals surface area contributed by atoms with Gasteiger partial charge in [0, 0.05) is 19.7 Å². The van der Waals surface area contributed by atoms with E-state index in [0.717, 1.165) is 12.0 Å². The van der Waals surface area contributed by atoms with Gasteiger partial charge < -0.3 is 19.7 Å². The van der Waals surface area contributed by atoms with E-state index in [9.17, 15) is 18.0 Å². The number of amides is 2. The Kier molecular flexibility index (Phi) is 9.28. The van der Waals surface area contributed by atoms with E-state index in [1.165, 1.54) is 7.11 Å². The normalized spacial score (nSPS) is 19.6. The van der Waals surface area contributed by atoms with Gasteiger partial charge in [-0.05, 0) is 45.6 Å². The molecule has 4 atom stereocenters. The highest BCUT2D eigenvalue weighted by molar-refractivity contribution is 7.89. The van der Waals surface area contributed by atoms with Crippen LogP contribution in [0.25, 0.3) is 0 Å². The lowest BCUT2D eigenvalue weighted by Gasteiger charge is -2.35. The number of carbonyl (C=O) groups excluding carboxylic acids is 2. The number of sulfonamides is 1. The monoisotopic (exact) mass is 483 g/mol. The first kappa shape index (κ1) is 27.1. The fourth-order valence-corrected chi connectivity index (χ4v) is 4.95. The predicted molar refractivity (Wildman–Crippen MR) is 126 cm³/mol. The molecule has 0 radical (unpaired) electrons. The van der Waals surface area contributed by atoms with Crippen LogP contribution in [-0.4, -0.2) is 68.5 Å². The molecular formula is C23H37N3O6S. The zero-order valence-electron chi connectivity index (χ0n) is 20.1. The van der Waals surface area contributed by atoms with Gasteiger partial charge in [-0.15, -0.1) is 0 Å². The molecule has 1 aromatic carbocycles. The smallest absolute Gasteiger partial charge is 0.410 e. The zero-order chi connectivity index (χ0) is 24.8. The topological polar surface area (TPSA) is 128 Å². The average molecular weight is 484 g/mol. The summed E-state index contributed by atoms with van der Waals surface area (Å²) in [7, 11) is -2.30. The number of benzene rings is 1. The average Bonchev–Trinajstić information content (AvgIpc) is 3.16. The number of ether oxygens (including phenoxy) is 2. The summed E-state index contributed by atoms with van der Waals surface area (Å²) in [6.07, 6.45) is 0.767. The van der Waals surface area contributed by atoms with Crippen LogP contribution in [0.1, 0.15) is 46.1 Å². The van der Waals surface area contributed by atoms with E-state index in [2.05, 4.69) is 5.32 Å². The second kappa shape index (κ2) is 11.3. The van der Waals surface area contributed by atoms with Gasteiger partial charge in [0.15, 0.2) is 0 Å². The number of hydrogen-bond acceptors (Lipinski definition) is 6. The Morgan fingerprint density at radius 2 is 1.88 bits per heavy atom. The standard InChI is InChI=1S/C23H37N3O6S/c1-16(20(31-5)19-12-9-13-26(19)22(28)32-23(2,3)4)21(27)25-18(15-33(24,29)30)14-17-10-7-6-8-11-17/h6-8,10-11,16,18-20H,9,12-15H2,1-5H3,(H,25,27)(H2,24,29,30)/t16-,18+,19?,20-/m1/s1. The van der Waals surface area contributed by atoms with E-state index in [1.807, 2.05) is 30.3 Å². The SMILES string of the molecule is CO[C@@H](C1CCCN1C(=O)OC(C)(C)C)[C@@H](C)C(=O)N[C@@H](Cc1ccccc1)CS(N)(=O)=O. The van der Waals surface area contributed by atoms with Crippen molar-refractivity contribution in [3.05, 3.63) is 35.9 Å². The zero-order valence-corrected chi connectivity index (χ0v) is 20.9. The number of rotatable bonds is 9. The number of nitrogens with one attached hydrogen (secondary N) is 1. The lowest BCUT2D eigenvalue weighted by molar-refractivity contribution is -0.131. The van der Waals surface area contributed by atoms with Crippen LogP contribution in [0, 0.1) is 5.92 Å². The molecule has 9 nitrogen and oxygen atoms in total. The largest absolute Gasteiger partial charge is 0.444 e. The molecule has 1 aliphatic rings. The van der Waals surface area contributed by atoms with Gasteiger partial charge in [0.05, 0.1) is 23.8 Å². The van der Waals surface area contributed by atoms with Gasteiger partial charge in [-0.2, -0.15) is 0 Å². The van der Waals surface area contributed by atoms with Crippen molar-refractivity contribution >= 4 is 22.0 Å². The fraction of sp³-hybridized carbons (Fsp3) is 0.652. The number of nitrogens with zero attached hydrogens (tertiary/aromatic N) is 1. The quantitative estimate of drug-likeness (QED) is 0.553. The third kappa shape index (κ3) is 8.60. The van der Waals surface area contributed by atoms with Crippen molar-refractivity contribution in [2.75, 3.05) is 19.4 Å². The predicted octanol–water partition coefficient (Wildman–Crippen LogP) is 2.05. The van der Waals surface area contributed by atoms with Crippen LogP contribution in [0.3, 0.4) is 0 Å². The van der Waals surface area contributed by atoms with E-state index < -0.39 is 39.8 Å². The Labute approximate surface area is 197 Å². The van der Waals surface area contributed by atoms with E-state index in [0.29, 0.717) is 19.4 Å². The van der Waals surface area contributed by atoms with Crippen LogP contribution in [0.15, 0.2) is 30.3 Å². The van der Waals surface area contributed by atoms with Crippen molar-refractivity contribution in [3.63, 3.8) is 0 Å². The first-order valence-corrected chi connectivity index (χ1v) is 12.9. The van der Waals surface area contributed by atoms with Gasteiger partial charge in [-0.3, -0.25) is 4.79 Å². The second-order valence-electron chi connectivity index (χ2n) is 9.60. The van der Waals surface area contributed by atoms with Crippen molar-refractivity contribution in [3.8, 4) is 0 Å². The van der Waals surface area contributed by atoms with Gasteiger partial charge in [-0.25, -0.2) is 18.4 Å². The molecule has 33 heavy (non-hydrogen) atoms. The van der Waals surface area contributed by atoms with Crippen molar-refractivity contribution in [2.45, 2.75) is 70.7 Å². The van der Waals surface area contributed by atoms with Gasteiger partial charge in [0.2, 0.25) is 15.9 Å². The maximum absolute atomic E-state index is 13.1. The van der Waals surface area contributed by atoms with Gasteiger partial charge in [-0.1, -0.05) is 37.3 Å². The molecular weight excluding hydrogens is 446 g/mol. The molecule has 1 aliphatic heterocycles. The summed E-state index contributed by atoms with van der Waals surface area (Å²) >= 11 is 0. The van der Waals surface area contributed by atoms with E-state index in [-0.39, 0.29) is 17.7 Å². The fourth-order valence-electron chi connectivity index (χ4n) is 4.19. The highest BCUT2D eigenvalue weighted by Crippen LogP contribution is 2.28. The van der Waals surface area contributed by atoms with Crippen LogP contribution in [-0.2, 0) is 30.7 Å². The van der Waals surface area contributed by atoms with E-state index in [4.69, 9.17) is 14.6 Å². The van der Waals surface area contributed by atoms with Crippen LogP contribution in [0.2, 0.25) is 0 Å². The minimum absolute atomic E-state index is 0.320. The third-order valence-electron chi connectivity index (χ3n) is 5.59. The highest BCUT2D eigenvalue weighted by Gasteiger charge is 2.41. The van der Waals surface area contributed by atoms with Crippen molar-refractivity contribution in [1.29, 1.82) is 0 Å². The molecule has 0 bridgehead atoms. The van der Waals surface area contributed by atoms with Gasteiger partial charge in [0.25, 0.3) is 0 Å². The first-order chi connectivity index (χ1) is 15.3. The number of methoxy groups -OCH3 is 1. The van der Waals surface area contributed by atoms with Crippen LogP contribution >= 0.6 is 0 Å². The number of hydrogen-bond donors (Lipinski definition) is 2. The molecule has 0 saturated carbocycles. The molecule has 0 spiro atoms. The molecule has 1 aromatic rings. The number of likely N-dealkylation sites (tertiary alicyclic amines) is 1.